The smallest absolute Gasteiger partial charge is 0.0685 e. The van der Waals surface area contributed by atoms with E-state index in [1.54, 1.807) is 0 Å². The zero-order valence-electron chi connectivity index (χ0n) is 6.79. The molecule has 1 aliphatic rings. The highest BCUT2D eigenvalue weighted by Crippen LogP contribution is 2.27. The van der Waals surface area contributed by atoms with Gasteiger partial charge in [0, 0.05) is 6.61 Å². The molecule has 0 spiro atoms. The molecular formula is C9H16O2. The molecule has 0 amide bonds. The van der Waals surface area contributed by atoms with Crippen LogP contribution in [0.2, 0.25) is 0 Å². The molecule has 0 aromatic heterocycles. The molecule has 0 aromatic carbocycles. The minimum atomic E-state index is -0.516. The van der Waals surface area contributed by atoms with Gasteiger partial charge in [0.05, 0.1) is 5.60 Å². The highest BCUT2D eigenvalue weighted by molar-refractivity contribution is 4.98. The predicted octanol–water partition coefficient (Wildman–Crippen LogP) is 1.23. The highest BCUT2D eigenvalue weighted by Gasteiger charge is 2.25. The second-order valence-corrected chi connectivity index (χ2v) is 3.27. The standard InChI is InChI=1S/C9H16O2/c10-8-4-7-9(11)5-2-1-3-6-9/h1-2,10-11H,3-8H2. The van der Waals surface area contributed by atoms with Crippen molar-refractivity contribution in [1.82, 2.24) is 0 Å². The van der Waals surface area contributed by atoms with Gasteiger partial charge in [-0.3, -0.25) is 0 Å². The van der Waals surface area contributed by atoms with Gasteiger partial charge in [0.2, 0.25) is 0 Å². The third kappa shape index (κ3) is 2.64. The summed E-state index contributed by atoms with van der Waals surface area (Å²) in [5, 5.41) is 18.4. The molecule has 0 saturated carbocycles. The third-order valence-corrected chi connectivity index (χ3v) is 2.24. The fourth-order valence-electron chi connectivity index (χ4n) is 1.51. The molecule has 11 heavy (non-hydrogen) atoms. The Morgan fingerprint density at radius 1 is 1.36 bits per heavy atom. The first-order chi connectivity index (χ1) is 5.27. The van der Waals surface area contributed by atoms with Crippen LogP contribution in [0.15, 0.2) is 12.2 Å². The summed E-state index contributed by atoms with van der Waals surface area (Å²) in [6, 6.07) is 0. The molecular weight excluding hydrogens is 140 g/mol. The van der Waals surface area contributed by atoms with Gasteiger partial charge in [-0.15, -0.1) is 0 Å². The molecule has 64 valence electrons. The topological polar surface area (TPSA) is 40.5 Å². The molecule has 0 fully saturated rings. The molecule has 0 heterocycles. The molecule has 0 aromatic rings. The van der Waals surface area contributed by atoms with Crippen molar-refractivity contribution in [2.75, 3.05) is 6.61 Å². The minimum absolute atomic E-state index is 0.187. The Morgan fingerprint density at radius 2 is 2.18 bits per heavy atom. The van der Waals surface area contributed by atoms with Crippen LogP contribution in [0.5, 0.6) is 0 Å². The van der Waals surface area contributed by atoms with Gasteiger partial charge in [-0.05, 0) is 32.1 Å². The van der Waals surface area contributed by atoms with E-state index in [-0.39, 0.29) is 6.61 Å². The summed E-state index contributed by atoms with van der Waals surface area (Å²) in [5.74, 6) is 0. The quantitative estimate of drug-likeness (QED) is 0.603. The molecule has 0 radical (unpaired) electrons. The maximum atomic E-state index is 9.84. The van der Waals surface area contributed by atoms with Gasteiger partial charge in [0.15, 0.2) is 0 Å². The second-order valence-electron chi connectivity index (χ2n) is 3.27. The van der Waals surface area contributed by atoms with Crippen molar-refractivity contribution >= 4 is 0 Å². The molecule has 0 bridgehead atoms. The Balaban J connectivity index is 2.33. The van der Waals surface area contributed by atoms with E-state index in [0.29, 0.717) is 6.42 Å². The van der Waals surface area contributed by atoms with Gasteiger partial charge in [-0.25, -0.2) is 0 Å². The van der Waals surface area contributed by atoms with Gasteiger partial charge in [0.25, 0.3) is 0 Å². The van der Waals surface area contributed by atoms with E-state index in [9.17, 15) is 5.11 Å². The van der Waals surface area contributed by atoms with Gasteiger partial charge in [-0.2, -0.15) is 0 Å². The van der Waals surface area contributed by atoms with Crippen molar-refractivity contribution in [3.05, 3.63) is 12.2 Å². The van der Waals surface area contributed by atoms with Crippen molar-refractivity contribution in [3.63, 3.8) is 0 Å². The molecule has 2 N–H and O–H groups in total. The summed E-state index contributed by atoms with van der Waals surface area (Å²) < 4.78 is 0. The summed E-state index contributed by atoms with van der Waals surface area (Å²) >= 11 is 0. The number of hydrogen-bond acceptors (Lipinski definition) is 2. The zero-order valence-corrected chi connectivity index (χ0v) is 6.79. The molecule has 1 rings (SSSR count). The third-order valence-electron chi connectivity index (χ3n) is 2.24. The second kappa shape index (κ2) is 3.88. The normalized spacial score (nSPS) is 30.7. The summed E-state index contributed by atoms with van der Waals surface area (Å²) in [4.78, 5) is 0. The first-order valence-electron chi connectivity index (χ1n) is 4.25. The lowest BCUT2D eigenvalue weighted by Crippen LogP contribution is -2.29. The van der Waals surface area contributed by atoms with E-state index >= 15 is 0 Å². The Labute approximate surface area is 67.6 Å². The molecule has 0 aliphatic heterocycles. The lowest BCUT2D eigenvalue weighted by molar-refractivity contribution is 0.0167. The molecule has 2 heteroatoms. The van der Waals surface area contributed by atoms with E-state index in [1.807, 2.05) is 6.08 Å². The first-order valence-corrected chi connectivity index (χ1v) is 4.25. The minimum Gasteiger partial charge on any atom is -0.396 e. The van der Waals surface area contributed by atoms with Crippen molar-refractivity contribution in [2.24, 2.45) is 0 Å². The average Bonchev–Trinajstić information content (AvgIpc) is 2.03. The largest absolute Gasteiger partial charge is 0.396 e. The zero-order chi connectivity index (χ0) is 8.16. The van der Waals surface area contributed by atoms with E-state index in [1.165, 1.54) is 0 Å². The Bertz CT molecular complexity index is 142. The summed E-state index contributed by atoms with van der Waals surface area (Å²) in [5.41, 5.74) is -0.516. The Kier molecular flexibility index (Phi) is 3.09. The fraction of sp³-hybridized carbons (Fsp3) is 0.778. The molecule has 1 unspecified atom stereocenters. The maximum Gasteiger partial charge on any atom is 0.0685 e. The van der Waals surface area contributed by atoms with Crippen molar-refractivity contribution in [3.8, 4) is 0 Å². The highest BCUT2D eigenvalue weighted by atomic mass is 16.3. The average molecular weight is 156 g/mol. The van der Waals surface area contributed by atoms with Crippen LogP contribution < -0.4 is 0 Å². The molecule has 1 atom stereocenters. The Morgan fingerprint density at radius 3 is 2.73 bits per heavy atom. The van der Waals surface area contributed by atoms with Crippen LogP contribution in [-0.4, -0.2) is 22.4 Å². The number of allylic oxidation sites excluding steroid dienone is 1. The SMILES string of the molecule is OCCCC1(O)CC=CCC1. The molecule has 2 nitrogen and oxygen atoms in total. The van der Waals surface area contributed by atoms with Crippen molar-refractivity contribution in [1.29, 1.82) is 0 Å². The van der Waals surface area contributed by atoms with Crippen LogP contribution in [0.3, 0.4) is 0 Å². The molecule has 1 aliphatic carbocycles. The summed E-state index contributed by atoms with van der Waals surface area (Å²) in [6.45, 7) is 0.187. The maximum absolute atomic E-state index is 9.84. The lowest BCUT2D eigenvalue weighted by atomic mass is 9.85. The first kappa shape index (κ1) is 8.75. The van der Waals surface area contributed by atoms with Crippen LogP contribution in [0, 0.1) is 0 Å². The number of aliphatic hydroxyl groups excluding tert-OH is 1. The summed E-state index contributed by atoms with van der Waals surface area (Å²) in [7, 11) is 0. The van der Waals surface area contributed by atoms with Crippen LogP contribution in [-0.2, 0) is 0 Å². The van der Waals surface area contributed by atoms with Gasteiger partial charge >= 0.3 is 0 Å². The monoisotopic (exact) mass is 156 g/mol. The molecule has 0 saturated heterocycles. The van der Waals surface area contributed by atoms with Crippen molar-refractivity contribution < 1.29 is 10.2 Å². The van der Waals surface area contributed by atoms with Gasteiger partial charge in [-0.1, -0.05) is 12.2 Å². The van der Waals surface area contributed by atoms with Crippen LogP contribution in [0.1, 0.15) is 32.1 Å². The number of hydrogen-bond donors (Lipinski definition) is 2. The Hall–Kier alpha value is -0.340. The number of rotatable bonds is 3. The van der Waals surface area contributed by atoms with Crippen molar-refractivity contribution in [2.45, 2.75) is 37.7 Å². The van der Waals surface area contributed by atoms with Crippen LogP contribution in [0.4, 0.5) is 0 Å². The summed E-state index contributed by atoms with van der Waals surface area (Å²) in [6.07, 6.45) is 8.16. The van der Waals surface area contributed by atoms with E-state index < -0.39 is 5.60 Å². The van der Waals surface area contributed by atoms with Crippen LogP contribution >= 0.6 is 0 Å². The van der Waals surface area contributed by atoms with E-state index in [2.05, 4.69) is 6.08 Å². The predicted molar refractivity (Wildman–Crippen MR) is 44.3 cm³/mol. The van der Waals surface area contributed by atoms with E-state index in [4.69, 9.17) is 5.11 Å². The van der Waals surface area contributed by atoms with Gasteiger partial charge < -0.3 is 10.2 Å². The number of aliphatic hydroxyl groups is 2. The van der Waals surface area contributed by atoms with Crippen LogP contribution in [0.25, 0.3) is 0 Å². The van der Waals surface area contributed by atoms with E-state index in [0.717, 1.165) is 25.7 Å². The lowest BCUT2D eigenvalue weighted by Gasteiger charge is -2.28. The fourth-order valence-corrected chi connectivity index (χ4v) is 1.51. The van der Waals surface area contributed by atoms with Gasteiger partial charge in [0.1, 0.15) is 0 Å².